The van der Waals surface area contributed by atoms with Crippen molar-refractivity contribution in [2.24, 2.45) is 0 Å². The Morgan fingerprint density at radius 1 is 1.22 bits per heavy atom. The molecule has 27 heavy (non-hydrogen) atoms. The van der Waals surface area contributed by atoms with Gasteiger partial charge in [-0.15, -0.1) is 0 Å². The van der Waals surface area contributed by atoms with Gasteiger partial charge < -0.3 is 19.9 Å². The Morgan fingerprint density at radius 3 is 2.56 bits per heavy atom. The number of hydrogen-bond acceptors (Lipinski definition) is 3. The molecule has 0 unspecified atom stereocenters. The molecule has 9 heteroatoms. The second-order valence-electron chi connectivity index (χ2n) is 6.85. The van der Waals surface area contributed by atoms with Crippen molar-refractivity contribution >= 4 is 17.5 Å². The van der Waals surface area contributed by atoms with Gasteiger partial charge in [0.05, 0.1) is 37.4 Å². The van der Waals surface area contributed by atoms with Crippen LogP contribution < -0.4 is 10.2 Å². The highest BCUT2D eigenvalue weighted by molar-refractivity contribution is 5.92. The molecule has 1 aromatic rings. The second-order valence-corrected chi connectivity index (χ2v) is 6.85. The van der Waals surface area contributed by atoms with E-state index in [1.165, 1.54) is 18.2 Å². The molecule has 1 aromatic carbocycles. The molecule has 3 rings (SSSR count). The van der Waals surface area contributed by atoms with Crippen molar-refractivity contribution in [3.05, 3.63) is 29.8 Å². The van der Waals surface area contributed by atoms with Crippen LogP contribution in [0, 0.1) is 0 Å². The number of anilines is 1. The van der Waals surface area contributed by atoms with E-state index < -0.39 is 17.6 Å². The lowest BCUT2D eigenvalue weighted by Crippen LogP contribution is -3.15. The number of amides is 2. The summed E-state index contributed by atoms with van der Waals surface area (Å²) >= 11 is 0. The van der Waals surface area contributed by atoms with E-state index in [-0.39, 0.29) is 24.2 Å². The molecule has 0 radical (unpaired) electrons. The van der Waals surface area contributed by atoms with E-state index in [2.05, 4.69) is 5.32 Å². The van der Waals surface area contributed by atoms with Crippen molar-refractivity contribution in [2.75, 3.05) is 44.6 Å². The standard InChI is InChI=1S/C18H22F3N3O3/c19-18(20,21)13-4-1-2-5-14(13)22-16(25)12-23-7-9-24(10-8-23)17(26)15-6-3-11-27-15/h1-2,4-5,15H,3,6-12H2,(H,22,25)/p+1/t15-/m1/s1. The molecule has 2 fully saturated rings. The van der Waals surface area contributed by atoms with Crippen molar-refractivity contribution in [3.8, 4) is 0 Å². The van der Waals surface area contributed by atoms with Crippen molar-refractivity contribution in [3.63, 3.8) is 0 Å². The molecule has 2 heterocycles. The SMILES string of the molecule is O=C(C[NH+]1CCN(C(=O)[C@H]2CCCO2)CC1)Nc1ccccc1C(F)(F)F. The van der Waals surface area contributed by atoms with E-state index in [0.717, 1.165) is 23.8 Å². The van der Waals surface area contributed by atoms with Gasteiger partial charge in [-0.25, -0.2) is 0 Å². The smallest absolute Gasteiger partial charge is 0.368 e. The van der Waals surface area contributed by atoms with Gasteiger partial charge >= 0.3 is 6.18 Å². The molecule has 0 saturated carbocycles. The highest BCUT2D eigenvalue weighted by Gasteiger charge is 2.34. The number of carbonyl (C=O) groups is 2. The Bertz CT molecular complexity index is 682. The number of carbonyl (C=O) groups excluding carboxylic acids is 2. The Kier molecular flexibility index (Phi) is 6.01. The Labute approximate surface area is 155 Å². The summed E-state index contributed by atoms with van der Waals surface area (Å²) in [7, 11) is 0. The van der Waals surface area contributed by atoms with Crippen LogP contribution in [0.15, 0.2) is 24.3 Å². The molecule has 0 spiro atoms. The number of quaternary nitrogens is 1. The van der Waals surface area contributed by atoms with E-state index in [4.69, 9.17) is 4.74 Å². The Balaban J connectivity index is 1.49. The summed E-state index contributed by atoms with van der Waals surface area (Å²) in [6.07, 6.45) is -3.24. The fourth-order valence-corrected chi connectivity index (χ4v) is 3.46. The van der Waals surface area contributed by atoms with Crippen LogP contribution in [0.4, 0.5) is 18.9 Å². The number of hydrogen-bond donors (Lipinski definition) is 2. The molecule has 0 bridgehead atoms. The molecule has 2 aliphatic rings. The molecule has 6 nitrogen and oxygen atoms in total. The van der Waals surface area contributed by atoms with Crippen LogP contribution >= 0.6 is 0 Å². The number of halogens is 3. The number of benzene rings is 1. The largest absolute Gasteiger partial charge is 0.418 e. The lowest BCUT2D eigenvalue weighted by atomic mass is 10.1. The van der Waals surface area contributed by atoms with Crippen LogP contribution in [0.1, 0.15) is 18.4 Å². The first kappa shape index (κ1) is 19.6. The number of alkyl halides is 3. The zero-order valence-corrected chi connectivity index (χ0v) is 14.8. The van der Waals surface area contributed by atoms with Gasteiger partial charge in [0.25, 0.3) is 11.8 Å². The lowest BCUT2D eigenvalue weighted by Gasteiger charge is -2.33. The average molecular weight is 386 g/mol. The summed E-state index contributed by atoms with van der Waals surface area (Å²) in [6, 6.07) is 4.92. The quantitative estimate of drug-likeness (QED) is 0.795. The maximum absolute atomic E-state index is 13.0. The molecule has 0 aliphatic carbocycles. The summed E-state index contributed by atoms with van der Waals surface area (Å²) in [5.41, 5.74) is -1.10. The summed E-state index contributed by atoms with van der Waals surface area (Å²) in [5.74, 6) is -0.476. The first-order valence-electron chi connectivity index (χ1n) is 9.04. The third-order valence-corrected chi connectivity index (χ3v) is 4.90. The minimum Gasteiger partial charge on any atom is -0.368 e. The number of rotatable bonds is 4. The second kappa shape index (κ2) is 8.26. The third kappa shape index (κ3) is 4.98. The number of para-hydroxylation sites is 1. The predicted octanol–water partition coefficient (Wildman–Crippen LogP) is 0.550. The van der Waals surface area contributed by atoms with Gasteiger partial charge in [-0.2, -0.15) is 13.2 Å². The highest BCUT2D eigenvalue weighted by Crippen LogP contribution is 2.34. The topological polar surface area (TPSA) is 63.1 Å². The summed E-state index contributed by atoms with van der Waals surface area (Å²) in [4.78, 5) is 27.2. The lowest BCUT2D eigenvalue weighted by molar-refractivity contribution is -0.895. The summed E-state index contributed by atoms with van der Waals surface area (Å²) in [6.45, 7) is 2.86. The van der Waals surface area contributed by atoms with Gasteiger partial charge in [0, 0.05) is 6.61 Å². The van der Waals surface area contributed by atoms with E-state index in [9.17, 15) is 22.8 Å². The first-order chi connectivity index (χ1) is 12.8. The molecule has 2 aliphatic heterocycles. The number of nitrogens with one attached hydrogen (secondary N) is 2. The van der Waals surface area contributed by atoms with E-state index >= 15 is 0 Å². The van der Waals surface area contributed by atoms with Gasteiger partial charge in [0.2, 0.25) is 0 Å². The average Bonchev–Trinajstić information content (AvgIpc) is 3.16. The van der Waals surface area contributed by atoms with Gasteiger partial charge in [-0.1, -0.05) is 12.1 Å². The van der Waals surface area contributed by atoms with Crippen LogP contribution in [-0.2, 0) is 20.5 Å². The summed E-state index contributed by atoms with van der Waals surface area (Å²) in [5, 5.41) is 2.36. The number of nitrogens with zero attached hydrogens (tertiary/aromatic N) is 1. The van der Waals surface area contributed by atoms with Gasteiger partial charge in [0.1, 0.15) is 6.10 Å². The highest BCUT2D eigenvalue weighted by atomic mass is 19.4. The maximum Gasteiger partial charge on any atom is 0.418 e. The fraction of sp³-hybridized carbons (Fsp3) is 0.556. The van der Waals surface area contributed by atoms with E-state index in [1.54, 1.807) is 4.90 Å². The Morgan fingerprint density at radius 2 is 1.93 bits per heavy atom. The van der Waals surface area contributed by atoms with Gasteiger partial charge in [0.15, 0.2) is 6.54 Å². The minimum atomic E-state index is -4.52. The number of piperazine rings is 1. The molecule has 2 N–H and O–H groups in total. The molecule has 2 saturated heterocycles. The fourth-order valence-electron chi connectivity index (χ4n) is 3.46. The Hall–Kier alpha value is -2.13. The predicted molar refractivity (Wildman–Crippen MR) is 91.2 cm³/mol. The van der Waals surface area contributed by atoms with Crippen molar-refractivity contribution in [2.45, 2.75) is 25.1 Å². The van der Waals surface area contributed by atoms with Crippen molar-refractivity contribution in [1.29, 1.82) is 0 Å². The molecular formula is C18H23F3N3O3+. The normalized spacial score (nSPS) is 21.3. The molecule has 1 atom stereocenters. The zero-order chi connectivity index (χ0) is 19.4. The van der Waals surface area contributed by atoms with Crippen molar-refractivity contribution in [1.82, 2.24) is 4.90 Å². The molecular weight excluding hydrogens is 363 g/mol. The minimum absolute atomic E-state index is 0.00453. The van der Waals surface area contributed by atoms with Crippen molar-refractivity contribution < 1.29 is 32.4 Å². The zero-order valence-electron chi connectivity index (χ0n) is 14.8. The monoisotopic (exact) mass is 386 g/mol. The van der Waals surface area contributed by atoms with Gasteiger partial charge in [-0.05, 0) is 25.0 Å². The maximum atomic E-state index is 13.0. The third-order valence-electron chi connectivity index (χ3n) is 4.90. The van der Waals surface area contributed by atoms with Crippen LogP contribution in [-0.4, -0.2) is 62.1 Å². The van der Waals surface area contributed by atoms with Crippen LogP contribution in [0.2, 0.25) is 0 Å². The van der Waals surface area contributed by atoms with Crippen LogP contribution in [0.25, 0.3) is 0 Å². The first-order valence-corrected chi connectivity index (χ1v) is 9.04. The van der Waals surface area contributed by atoms with Crippen LogP contribution in [0.5, 0.6) is 0 Å². The van der Waals surface area contributed by atoms with E-state index in [1.807, 2.05) is 0 Å². The molecule has 148 valence electrons. The summed E-state index contributed by atoms with van der Waals surface area (Å²) < 4.78 is 44.4. The van der Waals surface area contributed by atoms with Gasteiger partial charge in [-0.3, -0.25) is 9.59 Å². The van der Waals surface area contributed by atoms with Crippen LogP contribution in [0.3, 0.4) is 0 Å². The van der Waals surface area contributed by atoms with E-state index in [0.29, 0.717) is 32.8 Å². The number of ether oxygens (including phenoxy) is 1. The molecule has 2 amide bonds. The molecule has 0 aromatic heterocycles.